The summed E-state index contributed by atoms with van der Waals surface area (Å²) in [6.45, 7) is 0. The van der Waals surface area contributed by atoms with E-state index in [0.717, 1.165) is 31.4 Å². The van der Waals surface area contributed by atoms with Gasteiger partial charge in [0.15, 0.2) is 0 Å². The van der Waals surface area contributed by atoms with Crippen LogP contribution in [0.3, 0.4) is 0 Å². The molecule has 0 aliphatic heterocycles. The largest absolute Gasteiger partial charge is 0.416 e. The van der Waals surface area contributed by atoms with Crippen molar-refractivity contribution >= 4 is 33.4 Å². The molecule has 110 valence electrons. The number of carbonyl (C=O) groups is 1. The molecule has 1 saturated carbocycles. The molecule has 2 rings (SSSR count). The van der Waals surface area contributed by atoms with Gasteiger partial charge in [0.05, 0.1) is 16.5 Å². The Kier molecular flexibility index (Phi) is 4.64. The van der Waals surface area contributed by atoms with Gasteiger partial charge in [-0.3, -0.25) is 4.79 Å². The number of hydrogen-bond acceptors (Lipinski definition) is 1. The zero-order valence-corrected chi connectivity index (χ0v) is 12.6. The SMILES string of the molecule is O=C(NC1CCCC1Cl)c1cc(C(F)(F)F)ccc1Br. The molecule has 1 N–H and O–H groups in total. The molecule has 0 aromatic heterocycles. The maximum Gasteiger partial charge on any atom is 0.416 e. The van der Waals surface area contributed by atoms with Gasteiger partial charge in [0.25, 0.3) is 5.91 Å². The number of rotatable bonds is 2. The van der Waals surface area contributed by atoms with Crippen LogP contribution in [0.25, 0.3) is 0 Å². The van der Waals surface area contributed by atoms with Gasteiger partial charge in [0.2, 0.25) is 0 Å². The number of nitrogens with one attached hydrogen (secondary N) is 1. The predicted molar refractivity (Wildman–Crippen MR) is 73.9 cm³/mol. The van der Waals surface area contributed by atoms with Gasteiger partial charge in [-0.25, -0.2) is 0 Å². The molecule has 7 heteroatoms. The molecule has 1 amide bonds. The van der Waals surface area contributed by atoms with Gasteiger partial charge in [-0.15, -0.1) is 11.6 Å². The van der Waals surface area contributed by atoms with E-state index in [4.69, 9.17) is 11.6 Å². The number of benzene rings is 1. The molecule has 2 unspecified atom stereocenters. The van der Waals surface area contributed by atoms with Crippen molar-refractivity contribution in [3.05, 3.63) is 33.8 Å². The second kappa shape index (κ2) is 5.93. The molecule has 0 heterocycles. The Labute approximate surface area is 127 Å². The fourth-order valence-electron chi connectivity index (χ4n) is 2.20. The molecule has 1 aliphatic carbocycles. The Hall–Kier alpha value is -0.750. The Morgan fingerprint density at radius 1 is 1.35 bits per heavy atom. The van der Waals surface area contributed by atoms with Crippen molar-refractivity contribution in [3.63, 3.8) is 0 Å². The lowest BCUT2D eigenvalue weighted by molar-refractivity contribution is -0.137. The Morgan fingerprint density at radius 3 is 2.60 bits per heavy atom. The van der Waals surface area contributed by atoms with Gasteiger partial charge in [-0.05, 0) is 53.4 Å². The quantitative estimate of drug-likeness (QED) is 0.770. The standard InChI is InChI=1S/C13H12BrClF3NO/c14-9-5-4-7(13(16,17)18)6-8(9)12(20)19-11-3-1-2-10(11)15/h4-6,10-11H,1-3H2,(H,19,20). The molecule has 0 radical (unpaired) electrons. The second-order valence-electron chi connectivity index (χ2n) is 4.72. The van der Waals surface area contributed by atoms with E-state index in [1.807, 2.05) is 0 Å². The number of halogens is 5. The van der Waals surface area contributed by atoms with Crippen LogP contribution in [-0.2, 0) is 6.18 Å². The lowest BCUT2D eigenvalue weighted by Gasteiger charge is -2.17. The topological polar surface area (TPSA) is 29.1 Å². The van der Waals surface area contributed by atoms with E-state index in [1.165, 1.54) is 6.07 Å². The van der Waals surface area contributed by atoms with E-state index in [9.17, 15) is 18.0 Å². The molecule has 1 aromatic rings. The average Bonchev–Trinajstić information content (AvgIpc) is 2.74. The van der Waals surface area contributed by atoms with Gasteiger partial charge in [0, 0.05) is 10.5 Å². The predicted octanol–water partition coefficient (Wildman–Crippen LogP) is 4.36. The summed E-state index contributed by atoms with van der Waals surface area (Å²) in [5, 5.41) is 2.53. The summed E-state index contributed by atoms with van der Waals surface area (Å²) in [6.07, 6.45) is -2.02. The van der Waals surface area contributed by atoms with Gasteiger partial charge in [-0.2, -0.15) is 13.2 Å². The molecular weight excluding hydrogens is 358 g/mol. The first-order chi connectivity index (χ1) is 9.29. The molecule has 2 atom stereocenters. The fraction of sp³-hybridized carbons (Fsp3) is 0.462. The lowest BCUT2D eigenvalue weighted by atomic mass is 10.1. The van der Waals surface area contributed by atoms with Crippen molar-refractivity contribution in [2.45, 2.75) is 36.9 Å². The Bertz CT molecular complexity index is 521. The Morgan fingerprint density at radius 2 is 2.05 bits per heavy atom. The minimum Gasteiger partial charge on any atom is -0.348 e. The minimum atomic E-state index is -4.47. The molecule has 0 bridgehead atoms. The van der Waals surface area contributed by atoms with Crippen molar-refractivity contribution in [2.24, 2.45) is 0 Å². The zero-order valence-electron chi connectivity index (χ0n) is 10.3. The number of hydrogen-bond donors (Lipinski definition) is 1. The van der Waals surface area contributed by atoms with Crippen molar-refractivity contribution in [3.8, 4) is 0 Å². The van der Waals surface area contributed by atoms with Crippen LogP contribution in [0.2, 0.25) is 0 Å². The highest BCUT2D eigenvalue weighted by molar-refractivity contribution is 9.10. The molecule has 0 spiro atoms. The maximum absolute atomic E-state index is 12.7. The van der Waals surface area contributed by atoms with Crippen molar-refractivity contribution in [2.75, 3.05) is 0 Å². The van der Waals surface area contributed by atoms with E-state index in [1.54, 1.807) is 0 Å². The molecule has 1 aliphatic rings. The fourth-order valence-corrected chi connectivity index (χ4v) is 2.97. The van der Waals surface area contributed by atoms with Gasteiger partial charge in [-0.1, -0.05) is 0 Å². The second-order valence-corrected chi connectivity index (χ2v) is 6.13. The van der Waals surface area contributed by atoms with Crippen LogP contribution in [0.15, 0.2) is 22.7 Å². The van der Waals surface area contributed by atoms with Crippen molar-refractivity contribution < 1.29 is 18.0 Å². The summed E-state index contributed by atoms with van der Waals surface area (Å²) < 4.78 is 38.3. The van der Waals surface area contributed by atoms with Crippen LogP contribution in [0.4, 0.5) is 13.2 Å². The van der Waals surface area contributed by atoms with Gasteiger partial charge < -0.3 is 5.32 Å². The summed E-state index contributed by atoms with van der Waals surface area (Å²) in [5.74, 6) is -0.541. The summed E-state index contributed by atoms with van der Waals surface area (Å²) >= 11 is 9.15. The number of carbonyl (C=O) groups excluding carboxylic acids is 1. The van der Waals surface area contributed by atoms with Crippen LogP contribution in [-0.4, -0.2) is 17.3 Å². The van der Waals surface area contributed by atoms with Gasteiger partial charge >= 0.3 is 6.18 Å². The maximum atomic E-state index is 12.7. The first-order valence-electron chi connectivity index (χ1n) is 6.10. The summed E-state index contributed by atoms with van der Waals surface area (Å²) in [5.41, 5.74) is -0.879. The van der Waals surface area contributed by atoms with E-state index >= 15 is 0 Å². The minimum absolute atomic E-state index is 0.0319. The first-order valence-corrected chi connectivity index (χ1v) is 7.33. The van der Waals surface area contributed by atoms with Crippen molar-refractivity contribution in [1.29, 1.82) is 0 Å². The normalized spacial score (nSPS) is 22.9. The van der Waals surface area contributed by atoms with Crippen LogP contribution in [0, 0.1) is 0 Å². The van der Waals surface area contributed by atoms with E-state index < -0.39 is 17.6 Å². The monoisotopic (exact) mass is 369 g/mol. The molecule has 1 fully saturated rings. The average molecular weight is 371 g/mol. The third kappa shape index (κ3) is 3.47. The van der Waals surface area contributed by atoms with Crippen molar-refractivity contribution in [1.82, 2.24) is 5.32 Å². The van der Waals surface area contributed by atoms with E-state index in [2.05, 4.69) is 21.2 Å². The summed E-state index contributed by atoms with van der Waals surface area (Å²) in [7, 11) is 0. The molecule has 2 nitrogen and oxygen atoms in total. The Balaban J connectivity index is 2.20. The zero-order chi connectivity index (χ0) is 14.9. The first kappa shape index (κ1) is 15.6. The molecular formula is C13H12BrClF3NO. The highest BCUT2D eigenvalue weighted by atomic mass is 79.9. The molecule has 1 aromatic carbocycles. The van der Waals surface area contributed by atoms with E-state index in [-0.39, 0.29) is 17.0 Å². The third-order valence-corrected chi connectivity index (χ3v) is 4.50. The molecule has 20 heavy (non-hydrogen) atoms. The van der Waals surface area contributed by atoms with E-state index in [0.29, 0.717) is 4.47 Å². The van der Waals surface area contributed by atoms with Crippen LogP contribution in [0.1, 0.15) is 35.2 Å². The summed E-state index contributed by atoms with van der Waals surface area (Å²) in [6, 6.07) is 2.81. The highest BCUT2D eigenvalue weighted by Crippen LogP contribution is 2.32. The molecule has 0 saturated heterocycles. The van der Waals surface area contributed by atoms with Crippen LogP contribution in [0.5, 0.6) is 0 Å². The lowest BCUT2D eigenvalue weighted by Crippen LogP contribution is -2.38. The van der Waals surface area contributed by atoms with Crippen LogP contribution < -0.4 is 5.32 Å². The number of alkyl halides is 4. The van der Waals surface area contributed by atoms with Gasteiger partial charge in [0.1, 0.15) is 0 Å². The van der Waals surface area contributed by atoms with Crippen LogP contribution >= 0.6 is 27.5 Å². The number of amides is 1. The third-order valence-electron chi connectivity index (χ3n) is 3.29. The highest BCUT2D eigenvalue weighted by Gasteiger charge is 2.32. The smallest absolute Gasteiger partial charge is 0.348 e. The summed E-state index contributed by atoms with van der Waals surface area (Å²) in [4.78, 5) is 12.1.